The highest BCUT2D eigenvalue weighted by Crippen LogP contribution is 2.46. The number of rotatable bonds is 9. The monoisotopic (exact) mass is 1750 g/mol. The number of benzene rings is 20. The first kappa shape index (κ1) is 77.3. The van der Waals surface area contributed by atoms with Crippen molar-refractivity contribution in [3.8, 4) is 67.5 Å². The molecule has 0 saturated heterocycles. The van der Waals surface area contributed by atoms with E-state index in [1.807, 2.05) is 50.0 Å². The van der Waals surface area contributed by atoms with E-state index in [2.05, 4.69) is 449 Å². The Morgan fingerprint density at radius 3 is 0.869 bits per heavy atom. The second kappa shape index (κ2) is 30.8. The number of aryl methyl sites for hydroxylation is 1. The van der Waals surface area contributed by atoms with Crippen molar-refractivity contribution < 1.29 is 4.42 Å². The van der Waals surface area contributed by atoms with E-state index < -0.39 is 0 Å². The summed E-state index contributed by atoms with van der Waals surface area (Å²) >= 11 is 0. The predicted octanol–water partition coefficient (Wildman–Crippen LogP) is 32.1. The predicted molar refractivity (Wildman–Crippen MR) is 569 cm³/mol. The summed E-state index contributed by atoms with van der Waals surface area (Å²) in [5, 5.41) is 21.9. The number of hydrogen-bond donors (Lipinski definition) is 0. The molecule has 0 aliphatic carbocycles. The second-order valence-electron chi connectivity index (χ2n) is 35.7. The van der Waals surface area contributed by atoms with Gasteiger partial charge in [0.2, 0.25) is 0 Å². The Balaban J connectivity index is 0.000000103. The summed E-state index contributed by atoms with van der Waals surface area (Å²) in [4.78, 5) is 18.7. The van der Waals surface area contributed by atoms with E-state index in [0.29, 0.717) is 0 Å². The molecule has 12 nitrogen and oxygen atoms in total. The van der Waals surface area contributed by atoms with Crippen molar-refractivity contribution in [2.24, 2.45) is 7.05 Å². The van der Waals surface area contributed by atoms with E-state index in [-0.39, 0.29) is 0 Å². The van der Waals surface area contributed by atoms with Crippen molar-refractivity contribution in [3.63, 3.8) is 0 Å². The minimum absolute atomic E-state index is 0.785. The van der Waals surface area contributed by atoms with Crippen LogP contribution in [0.15, 0.2) is 466 Å². The van der Waals surface area contributed by atoms with Gasteiger partial charge in [0, 0.05) is 128 Å². The van der Waals surface area contributed by atoms with Crippen molar-refractivity contribution in [1.82, 2.24) is 51.9 Å². The second-order valence-corrected chi connectivity index (χ2v) is 35.7. The van der Waals surface area contributed by atoms with Crippen LogP contribution in [0.4, 0.5) is 0 Å². The number of hydrogen-bond acceptors (Lipinski definition) is 5. The fourth-order valence-electron chi connectivity index (χ4n) is 22.1. The number of pyridine rings is 2. The first-order valence-electron chi connectivity index (χ1n) is 46.5. The van der Waals surface area contributed by atoms with E-state index in [1.54, 1.807) is 0 Å². The zero-order valence-corrected chi connectivity index (χ0v) is 74.2. The van der Waals surface area contributed by atoms with Crippen LogP contribution in [0.2, 0.25) is 0 Å². The fourth-order valence-corrected chi connectivity index (χ4v) is 22.1. The van der Waals surface area contributed by atoms with Gasteiger partial charge in [0.05, 0.1) is 100 Å². The third-order valence-electron chi connectivity index (χ3n) is 28.3. The lowest BCUT2D eigenvalue weighted by atomic mass is 10.0. The largest absolute Gasteiger partial charge is 0.443 e. The number of para-hydroxylation sites is 10. The smallest absolute Gasteiger partial charge is 0.182 e. The van der Waals surface area contributed by atoms with Crippen molar-refractivity contribution in [1.29, 1.82) is 0 Å². The van der Waals surface area contributed by atoms with Crippen LogP contribution < -0.4 is 0 Å². The van der Waals surface area contributed by atoms with Gasteiger partial charge in [0.25, 0.3) is 0 Å². The maximum absolute atomic E-state index is 5.63. The van der Waals surface area contributed by atoms with Crippen molar-refractivity contribution in [2.45, 2.75) is 0 Å². The molecule has 0 unspecified atom stereocenters. The molecule has 12 heteroatoms. The van der Waals surface area contributed by atoms with Gasteiger partial charge in [0.1, 0.15) is 11.0 Å². The Bertz CT molecular complexity index is 10000. The van der Waals surface area contributed by atoms with Gasteiger partial charge in [-0.2, -0.15) is 0 Å². The van der Waals surface area contributed by atoms with Gasteiger partial charge < -0.3 is 36.4 Å². The molecule has 0 radical (unpaired) electrons. The van der Waals surface area contributed by atoms with Crippen LogP contribution in [-0.2, 0) is 7.05 Å². The molecule has 10 heterocycles. The Labute approximate surface area is 783 Å². The fraction of sp³-hybridized carbons (Fsp3) is 0.00800. The Morgan fingerprint density at radius 1 is 0.182 bits per heavy atom. The summed E-state index contributed by atoms with van der Waals surface area (Å²) in [5.74, 6) is 0. The van der Waals surface area contributed by atoms with E-state index in [9.17, 15) is 0 Å². The first-order chi connectivity index (χ1) is 67.9. The first-order valence-corrected chi connectivity index (χ1v) is 46.5. The van der Waals surface area contributed by atoms with Gasteiger partial charge >= 0.3 is 0 Å². The van der Waals surface area contributed by atoms with Crippen LogP contribution in [0.1, 0.15) is 0 Å². The molecule has 0 amide bonds. The number of oxazole rings is 1. The SMILES string of the molecule is Cn1cnc2c(-n3c4ccccc4c4cc(-c5ccc6c(c5)c5ccccc5n6-c5ccccc5)ccc43)cccc21.c1ccc(-n2c3ccccc3c3cc(-c4ccc5c(c4)c4ccccc4n5-c4cccc5ocnc45)ccc32)cc1.c1cnc2c(c1)ccc1cc(-n3c4ccccc4c4cc(-c5ccc6c(c5)c5ccccc5n6-c5ccc6c(ccc7cccnc76)c5)ccc43)ccc12. The van der Waals surface area contributed by atoms with Crippen molar-refractivity contribution in [3.05, 3.63) is 462 Å². The highest BCUT2D eigenvalue weighted by atomic mass is 16.3. The van der Waals surface area contributed by atoms with Gasteiger partial charge in [-0.25, -0.2) is 9.97 Å². The lowest BCUT2D eigenvalue weighted by Crippen LogP contribution is -1.95. The lowest BCUT2D eigenvalue weighted by Gasteiger charge is -2.11. The molecule has 0 spiro atoms. The van der Waals surface area contributed by atoms with Crippen LogP contribution in [-0.4, -0.2) is 51.9 Å². The maximum atomic E-state index is 5.63. The third kappa shape index (κ3) is 12.2. The van der Waals surface area contributed by atoms with Gasteiger partial charge in [0.15, 0.2) is 12.0 Å². The molecule has 20 aromatic carbocycles. The van der Waals surface area contributed by atoms with Crippen LogP contribution in [0.25, 0.3) is 264 Å². The Morgan fingerprint density at radius 2 is 0.489 bits per heavy atom. The molecule has 0 N–H and O–H groups in total. The lowest BCUT2D eigenvalue weighted by molar-refractivity contribution is 0.602. The number of nitrogens with zero attached hydrogens (tertiary/aromatic N) is 11. The molecule has 0 bridgehead atoms. The summed E-state index contributed by atoms with van der Waals surface area (Å²) in [5.41, 5.74) is 34.1. The normalized spacial score (nSPS) is 12.0. The molecular weight excluding hydrogens is 1670 g/mol. The quantitative estimate of drug-likeness (QED) is 0.134. The summed E-state index contributed by atoms with van der Waals surface area (Å²) in [7, 11) is 2.05. The van der Waals surface area contributed by atoms with Gasteiger partial charge in [-0.1, -0.05) is 243 Å². The van der Waals surface area contributed by atoms with Crippen LogP contribution in [0.3, 0.4) is 0 Å². The maximum Gasteiger partial charge on any atom is 0.182 e. The van der Waals surface area contributed by atoms with E-state index in [0.717, 1.165) is 77.7 Å². The highest BCUT2D eigenvalue weighted by molar-refractivity contribution is 6.19. The Hall–Kier alpha value is -18.5. The van der Waals surface area contributed by atoms with E-state index in [1.165, 1.54) is 192 Å². The number of imidazole rings is 1. The minimum Gasteiger partial charge on any atom is -0.443 e. The number of fused-ring (bicyclic) bond motifs is 26. The van der Waals surface area contributed by atoms with Gasteiger partial charge in [-0.15, -0.1) is 0 Å². The third-order valence-corrected chi connectivity index (χ3v) is 28.3. The molecule has 640 valence electrons. The summed E-state index contributed by atoms with van der Waals surface area (Å²) in [6, 6.07) is 158. The van der Waals surface area contributed by atoms with Crippen molar-refractivity contribution in [2.75, 3.05) is 0 Å². The zero-order chi connectivity index (χ0) is 90.0. The summed E-state index contributed by atoms with van der Waals surface area (Å²) < 4.78 is 21.9. The average molecular weight is 1750 g/mol. The molecule has 137 heavy (non-hydrogen) atoms. The van der Waals surface area contributed by atoms with Crippen LogP contribution in [0, 0.1) is 0 Å². The molecular formula is C125H79N11O. The van der Waals surface area contributed by atoms with Gasteiger partial charge in [-0.05, 0) is 238 Å². The number of aromatic nitrogens is 11. The molecule has 10 aromatic heterocycles. The molecule has 0 aliphatic rings. The highest BCUT2D eigenvalue weighted by Gasteiger charge is 2.24. The molecule has 0 aliphatic heterocycles. The average Bonchev–Trinajstić information content (AvgIpc) is 1.59. The molecule has 0 saturated carbocycles. The zero-order valence-electron chi connectivity index (χ0n) is 74.2. The molecule has 30 rings (SSSR count). The summed E-state index contributed by atoms with van der Waals surface area (Å²) in [6.45, 7) is 0. The van der Waals surface area contributed by atoms with Crippen LogP contribution >= 0.6 is 0 Å². The van der Waals surface area contributed by atoms with E-state index in [4.69, 9.17) is 19.4 Å². The van der Waals surface area contributed by atoms with E-state index >= 15 is 0 Å². The van der Waals surface area contributed by atoms with Gasteiger partial charge in [-0.3, -0.25) is 9.97 Å². The van der Waals surface area contributed by atoms with Crippen molar-refractivity contribution >= 4 is 196 Å². The van der Waals surface area contributed by atoms with Crippen LogP contribution in [0.5, 0.6) is 0 Å². The minimum atomic E-state index is 0.785. The Kier molecular flexibility index (Phi) is 17.4. The molecule has 30 aromatic rings. The standard InChI is InChI=1S/C50H30N4.C38H26N4.C37H23N3O/c1-3-11-45-41(9-1)43-29-33(17-23-47(43)53(45)37-19-21-39-35(27-37)15-13-31-7-5-25-51-49(31)39)34-18-24-48-44(30-34)42-10-2-4-12-46(42)54(48)38-20-22-40-36(28-38)16-14-32-8-6-26-52-50(32)40;1-40-24-39-38-36(40)16-9-17-37(38)42-33-15-8-6-13-29(33)31-23-26(19-21-35(31)42)25-18-20-34-30(22-25)28-12-5-7-14-32(28)41(34)27-10-3-2-4-11-27;1-2-9-26(10-3-1)39-31-13-6-4-11-27(31)29-21-24(17-19-33(29)39)25-18-20-34-30(22-25)28-12-5-7-14-32(28)40(34)35-15-8-16-36-37(35)38-23-41-36/h1-30H;2-24H,1H3;1-23H. The summed E-state index contributed by atoms with van der Waals surface area (Å²) in [6.07, 6.45) is 7.16. The topological polar surface area (TPSA) is 99.2 Å². The molecule has 0 fully saturated rings. The molecule has 0 atom stereocenters.